The number of hydrogen-bond donors (Lipinski definition) is 2. The van der Waals surface area contributed by atoms with Gasteiger partial charge in [0, 0.05) is 5.69 Å². The van der Waals surface area contributed by atoms with Crippen molar-refractivity contribution in [3.8, 4) is 6.07 Å². The van der Waals surface area contributed by atoms with Crippen molar-refractivity contribution in [2.45, 2.75) is 0 Å². The minimum atomic E-state index is -0.435. The number of halogens is 2. The third kappa shape index (κ3) is 4.09. The van der Waals surface area contributed by atoms with E-state index < -0.39 is 5.91 Å². The molecule has 0 fully saturated rings. The van der Waals surface area contributed by atoms with E-state index in [0.29, 0.717) is 32.8 Å². The second-order valence-corrected chi connectivity index (χ2v) is 5.99. The highest BCUT2D eigenvalue weighted by atomic mass is 35.5. The fourth-order valence-electron chi connectivity index (χ4n) is 2.13. The Labute approximate surface area is 159 Å². The van der Waals surface area contributed by atoms with E-state index in [0.717, 1.165) is 0 Å². The van der Waals surface area contributed by atoms with Gasteiger partial charge < -0.3 is 10.6 Å². The molecule has 1 heterocycles. The fraction of sp³-hybridized carbons (Fsp3) is 0. The van der Waals surface area contributed by atoms with Crippen LogP contribution in [0.15, 0.2) is 54.6 Å². The topological polar surface area (TPSA) is 90.7 Å². The minimum absolute atomic E-state index is 0.128. The van der Waals surface area contributed by atoms with Gasteiger partial charge in [0.2, 0.25) is 0 Å². The average Bonchev–Trinajstić information content (AvgIpc) is 2.65. The van der Waals surface area contributed by atoms with Crippen LogP contribution in [0, 0.1) is 11.3 Å². The largest absolute Gasteiger partial charge is 0.336 e. The zero-order chi connectivity index (χ0) is 18.5. The van der Waals surface area contributed by atoms with Crippen molar-refractivity contribution in [3.63, 3.8) is 0 Å². The zero-order valence-corrected chi connectivity index (χ0v) is 14.7. The summed E-state index contributed by atoms with van der Waals surface area (Å²) in [5.74, 6) is -0.0436. The van der Waals surface area contributed by atoms with Crippen LogP contribution in [-0.4, -0.2) is 16.1 Å². The van der Waals surface area contributed by atoms with E-state index in [1.165, 1.54) is 6.07 Å². The van der Waals surface area contributed by atoms with Gasteiger partial charge in [-0.25, -0.2) is 0 Å². The van der Waals surface area contributed by atoms with Crippen LogP contribution in [0.25, 0.3) is 0 Å². The molecular weight excluding hydrogens is 373 g/mol. The normalized spacial score (nSPS) is 10.0. The third-order valence-electron chi connectivity index (χ3n) is 3.36. The highest BCUT2D eigenvalue weighted by molar-refractivity contribution is 6.39. The Bertz CT molecular complexity index is 979. The lowest BCUT2D eigenvalue weighted by molar-refractivity contribution is 0.102. The first-order valence-electron chi connectivity index (χ1n) is 7.43. The number of carbonyl (C=O) groups is 1. The smallest absolute Gasteiger partial charge is 0.276 e. The highest BCUT2D eigenvalue weighted by Gasteiger charge is 2.11. The van der Waals surface area contributed by atoms with Crippen LogP contribution in [0.1, 0.15) is 16.1 Å². The molecule has 0 spiro atoms. The minimum Gasteiger partial charge on any atom is -0.336 e. The average molecular weight is 384 g/mol. The molecule has 0 unspecified atom stereocenters. The summed E-state index contributed by atoms with van der Waals surface area (Å²) in [5.41, 5.74) is 1.59. The van der Waals surface area contributed by atoms with E-state index >= 15 is 0 Å². The quantitative estimate of drug-likeness (QED) is 0.683. The van der Waals surface area contributed by atoms with Crippen LogP contribution in [0.5, 0.6) is 0 Å². The molecule has 2 N–H and O–H groups in total. The predicted octanol–water partition coefficient (Wildman–Crippen LogP) is 4.65. The van der Waals surface area contributed by atoms with Crippen LogP contribution in [0.3, 0.4) is 0 Å². The van der Waals surface area contributed by atoms with E-state index in [1.54, 1.807) is 48.5 Å². The van der Waals surface area contributed by atoms with Crippen molar-refractivity contribution in [2.24, 2.45) is 0 Å². The molecule has 26 heavy (non-hydrogen) atoms. The molecular formula is C18H11Cl2N5O. The number of amides is 1. The number of carbonyl (C=O) groups excluding carboxylic acids is 1. The van der Waals surface area contributed by atoms with Crippen molar-refractivity contribution < 1.29 is 4.79 Å². The van der Waals surface area contributed by atoms with Crippen molar-refractivity contribution in [1.29, 1.82) is 5.26 Å². The fourth-order valence-corrected chi connectivity index (χ4v) is 2.62. The number of rotatable bonds is 4. The van der Waals surface area contributed by atoms with Crippen molar-refractivity contribution in [3.05, 3.63) is 75.9 Å². The van der Waals surface area contributed by atoms with Crippen LogP contribution in [-0.2, 0) is 0 Å². The van der Waals surface area contributed by atoms with Gasteiger partial charge in [-0.05, 0) is 42.5 Å². The van der Waals surface area contributed by atoms with Crippen LogP contribution >= 0.6 is 23.2 Å². The number of para-hydroxylation sites is 1. The molecule has 6 nitrogen and oxygen atoms in total. The number of aromatic nitrogens is 2. The lowest BCUT2D eigenvalue weighted by atomic mass is 10.2. The number of nitriles is 1. The van der Waals surface area contributed by atoms with E-state index in [-0.39, 0.29) is 5.69 Å². The van der Waals surface area contributed by atoms with E-state index in [4.69, 9.17) is 28.5 Å². The maximum Gasteiger partial charge on any atom is 0.276 e. The van der Waals surface area contributed by atoms with Crippen molar-refractivity contribution in [1.82, 2.24) is 10.2 Å². The number of nitrogens with zero attached hydrogens (tertiary/aromatic N) is 3. The molecule has 3 rings (SSSR count). The van der Waals surface area contributed by atoms with Gasteiger partial charge in [-0.2, -0.15) is 5.26 Å². The monoisotopic (exact) mass is 383 g/mol. The summed E-state index contributed by atoms with van der Waals surface area (Å²) in [7, 11) is 0. The maximum absolute atomic E-state index is 12.2. The molecule has 1 aromatic heterocycles. The summed E-state index contributed by atoms with van der Waals surface area (Å²) >= 11 is 12.2. The Hall–Kier alpha value is -3.14. The Morgan fingerprint density at radius 3 is 2.38 bits per heavy atom. The first kappa shape index (κ1) is 17.7. The first-order valence-corrected chi connectivity index (χ1v) is 8.18. The Kier molecular flexibility index (Phi) is 5.32. The molecule has 0 saturated carbocycles. The molecule has 1 amide bonds. The Balaban J connectivity index is 1.73. The maximum atomic E-state index is 12.2. The SMILES string of the molecule is N#Cc1cccc(NC(=O)c2ccc(Nc3c(Cl)cccc3Cl)nn2)c1. The Morgan fingerprint density at radius 1 is 1.00 bits per heavy atom. The van der Waals surface area contributed by atoms with E-state index in [9.17, 15) is 4.79 Å². The zero-order valence-electron chi connectivity index (χ0n) is 13.2. The number of benzene rings is 2. The molecule has 0 radical (unpaired) electrons. The van der Waals surface area contributed by atoms with Gasteiger partial charge in [0.15, 0.2) is 11.5 Å². The summed E-state index contributed by atoms with van der Waals surface area (Å²) in [5, 5.41) is 23.3. The van der Waals surface area contributed by atoms with E-state index in [2.05, 4.69) is 20.8 Å². The molecule has 8 heteroatoms. The first-order chi connectivity index (χ1) is 12.6. The van der Waals surface area contributed by atoms with Gasteiger partial charge in [-0.1, -0.05) is 35.3 Å². The standard InChI is InChI=1S/C18H11Cl2N5O/c19-13-5-2-6-14(20)17(13)23-16-8-7-15(24-25-16)18(26)22-12-4-1-3-11(9-12)10-21/h1-9H,(H,22,26)(H,23,25). The van der Waals surface area contributed by atoms with Gasteiger partial charge in [-0.3, -0.25) is 4.79 Å². The summed E-state index contributed by atoms with van der Waals surface area (Å²) in [4.78, 5) is 12.2. The molecule has 0 atom stereocenters. The van der Waals surface area contributed by atoms with Crippen LogP contribution in [0.4, 0.5) is 17.2 Å². The lowest BCUT2D eigenvalue weighted by Gasteiger charge is -2.09. The van der Waals surface area contributed by atoms with Crippen molar-refractivity contribution >= 4 is 46.3 Å². The number of anilines is 3. The Morgan fingerprint density at radius 2 is 1.73 bits per heavy atom. The summed E-state index contributed by atoms with van der Waals surface area (Å²) in [6.45, 7) is 0. The van der Waals surface area contributed by atoms with E-state index in [1.807, 2.05) is 6.07 Å². The predicted molar refractivity (Wildman–Crippen MR) is 101 cm³/mol. The second kappa shape index (κ2) is 7.83. The second-order valence-electron chi connectivity index (χ2n) is 5.17. The highest BCUT2D eigenvalue weighted by Crippen LogP contribution is 2.31. The molecule has 0 bridgehead atoms. The number of nitrogens with one attached hydrogen (secondary N) is 2. The summed E-state index contributed by atoms with van der Waals surface area (Å²) < 4.78 is 0. The van der Waals surface area contributed by atoms with Crippen LogP contribution < -0.4 is 10.6 Å². The molecule has 128 valence electrons. The third-order valence-corrected chi connectivity index (χ3v) is 3.99. The molecule has 0 aliphatic carbocycles. The molecule has 0 saturated heterocycles. The molecule has 0 aliphatic rings. The molecule has 0 aliphatic heterocycles. The van der Waals surface area contributed by atoms with Crippen LogP contribution in [0.2, 0.25) is 10.0 Å². The summed E-state index contributed by atoms with van der Waals surface area (Å²) in [6.07, 6.45) is 0. The lowest BCUT2D eigenvalue weighted by Crippen LogP contribution is -2.14. The van der Waals surface area contributed by atoms with Gasteiger partial charge in [-0.15, -0.1) is 10.2 Å². The van der Waals surface area contributed by atoms with Gasteiger partial charge in [0.1, 0.15) is 0 Å². The molecule has 2 aromatic carbocycles. The van der Waals surface area contributed by atoms with Crippen molar-refractivity contribution in [2.75, 3.05) is 10.6 Å². The van der Waals surface area contributed by atoms with Gasteiger partial charge >= 0.3 is 0 Å². The molecule has 3 aromatic rings. The van der Waals surface area contributed by atoms with Gasteiger partial charge in [0.25, 0.3) is 5.91 Å². The van der Waals surface area contributed by atoms with Gasteiger partial charge in [0.05, 0.1) is 27.4 Å². The summed E-state index contributed by atoms with van der Waals surface area (Å²) in [6, 6.07) is 16.8. The number of hydrogen-bond acceptors (Lipinski definition) is 5.